The van der Waals surface area contributed by atoms with Crippen LogP contribution in [0.5, 0.6) is 0 Å². The zero-order chi connectivity index (χ0) is 57.7. The van der Waals surface area contributed by atoms with Gasteiger partial charge in [-0.3, -0.25) is 0 Å². The summed E-state index contributed by atoms with van der Waals surface area (Å²) >= 11 is 5.33. The number of rotatable bonds is 30. The van der Waals surface area contributed by atoms with Crippen LogP contribution in [0.1, 0.15) is 168 Å². The van der Waals surface area contributed by atoms with Crippen molar-refractivity contribution in [1.82, 2.24) is 0 Å². The van der Waals surface area contributed by atoms with Gasteiger partial charge in [0.25, 0.3) is 0 Å². The average molecular weight is 1590 g/mol. The minimum absolute atomic E-state index is 0.0362. The molecule has 0 unspecified atom stereocenters. The summed E-state index contributed by atoms with van der Waals surface area (Å²) in [7, 11) is 0. The smallest absolute Gasteiger partial charge is 0.0566 e. The van der Waals surface area contributed by atoms with E-state index in [2.05, 4.69) is 161 Å². The summed E-state index contributed by atoms with van der Waals surface area (Å²) in [6, 6.07) is 43.7. The summed E-state index contributed by atoms with van der Waals surface area (Å²) in [4.78, 5) is 5.10. The number of anilines is 6. The molecule has 3 fully saturated rings. The van der Waals surface area contributed by atoms with Crippen molar-refractivity contribution in [2.75, 3.05) is 62.7 Å². The van der Waals surface area contributed by atoms with Gasteiger partial charge in [0.15, 0.2) is 0 Å². The Kier molecular flexibility index (Phi) is 24.5. The summed E-state index contributed by atoms with van der Waals surface area (Å²) in [6.45, 7) is 20.8. The Labute approximate surface area is 557 Å². The summed E-state index contributed by atoms with van der Waals surface area (Å²) in [5.41, 5.74) is 19.6. The standard InChI is InChI=1S/C72H90N2O4.2W.2Y/c1-7-70(52-77-53-70)50-75-42-20-13-9-11-16-22-60-24-32-64(33-25-60)73(68-46-56(3)44-57(4)47-68)66-36-28-62(29-37-66)72(40-18-15-19-41-72)63-30-38-67(39-31-63)74(69-48-58(5)45-59(6)49-69)65-34-26-61(27-35-65)23-17-12-10-14-21-43-76-51-71(8-2)54-78-55-71;;;;/h24-39,46,48H,7-23,40-43,50-55H2,1-6H3;;;;. The van der Waals surface area contributed by atoms with Crippen LogP contribution >= 0.6 is 0 Å². The van der Waals surface area contributed by atoms with E-state index >= 15 is 0 Å². The molecule has 430 valence electrons. The number of ether oxygens (including phenoxy) is 4. The molecule has 6 aromatic rings. The Morgan fingerprint density at radius 3 is 1.15 bits per heavy atom. The van der Waals surface area contributed by atoms with Gasteiger partial charge in [0.2, 0.25) is 0 Å². The molecule has 10 heteroatoms. The van der Waals surface area contributed by atoms with Gasteiger partial charge in [-0.05, 0) is 25.7 Å². The summed E-state index contributed by atoms with van der Waals surface area (Å²) < 4.78 is 29.1. The van der Waals surface area contributed by atoms with E-state index in [4.69, 9.17) is 18.9 Å². The van der Waals surface area contributed by atoms with Crippen molar-refractivity contribution in [3.05, 3.63) is 154 Å². The maximum atomic E-state index is 6.07. The van der Waals surface area contributed by atoms with E-state index in [1.807, 2.05) is 0 Å². The van der Waals surface area contributed by atoms with Gasteiger partial charge in [0.1, 0.15) is 0 Å². The van der Waals surface area contributed by atoms with Crippen LogP contribution in [-0.4, -0.2) is 52.9 Å². The Bertz CT molecular complexity index is 2780. The van der Waals surface area contributed by atoms with E-state index in [9.17, 15) is 0 Å². The Balaban J connectivity index is 0.892. The van der Waals surface area contributed by atoms with E-state index in [1.165, 1.54) is 214 Å². The number of aryl methyl sites for hydroxylation is 4. The topological polar surface area (TPSA) is 43.4 Å². The van der Waals surface area contributed by atoms with Crippen LogP contribution in [-0.2, 0) is 139 Å². The normalized spacial score (nSPS) is 16.1. The molecule has 82 heavy (non-hydrogen) atoms. The Morgan fingerprint density at radius 1 is 0.463 bits per heavy atom. The van der Waals surface area contributed by atoms with Crippen LogP contribution in [0.15, 0.2) is 109 Å². The van der Waals surface area contributed by atoms with Crippen LogP contribution in [0.2, 0.25) is 0 Å². The van der Waals surface area contributed by atoms with Gasteiger partial charge in [-0.25, -0.2) is 0 Å². The fraction of sp³-hybridized carbons (Fsp3) is 0.500. The Hall–Kier alpha value is -1.66. The van der Waals surface area contributed by atoms with Crippen LogP contribution < -0.4 is 22.5 Å². The fourth-order valence-electron chi connectivity index (χ4n) is 12.8. The predicted octanol–water partition coefficient (Wildman–Crippen LogP) is 15.7. The van der Waals surface area contributed by atoms with E-state index in [-0.39, 0.29) is 16.2 Å². The molecule has 2 aliphatic heterocycles. The number of unbranched alkanes of at least 4 members (excludes halogenated alkanes) is 8. The van der Waals surface area contributed by atoms with Gasteiger partial charge in [-0.2, -0.15) is 0 Å². The quantitative estimate of drug-likeness (QED) is 0.0419. The first-order chi connectivity index (χ1) is 39.8. The minimum atomic E-state index is -0.0362. The van der Waals surface area contributed by atoms with Crippen molar-refractivity contribution >= 4 is 46.8 Å². The van der Waals surface area contributed by atoms with Gasteiger partial charge in [-0.15, -0.1) is 0 Å². The number of hydrogen-bond acceptors (Lipinski definition) is 6. The second-order valence-electron chi connectivity index (χ2n) is 24.7. The van der Waals surface area contributed by atoms with Gasteiger partial charge < -0.3 is 18.9 Å². The first kappa shape index (κ1) is 64.8. The van der Waals surface area contributed by atoms with Gasteiger partial charge in [0.05, 0.1) is 39.6 Å². The molecule has 0 bridgehead atoms. The number of nitrogens with zero attached hydrogens (tertiary/aromatic N) is 2. The summed E-state index contributed by atoms with van der Waals surface area (Å²) in [5, 5.41) is 0. The molecule has 9 rings (SSSR count). The molecule has 0 spiro atoms. The molecule has 1 saturated carbocycles. The monoisotopic (exact) mass is 1590 g/mol. The molecule has 3 aliphatic rings. The summed E-state index contributed by atoms with van der Waals surface area (Å²) in [6.07, 6.45) is 23.0. The van der Waals surface area contributed by atoms with Crippen molar-refractivity contribution < 1.29 is 120 Å². The zero-order valence-electron chi connectivity index (χ0n) is 50.5. The van der Waals surface area contributed by atoms with Crippen LogP contribution in [0.4, 0.5) is 34.1 Å². The van der Waals surface area contributed by atoms with E-state index in [0.29, 0.717) is 0 Å². The van der Waals surface area contributed by atoms with E-state index < -0.39 is 0 Å². The van der Waals surface area contributed by atoms with E-state index in [0.717, 1.165) is 153 Å². The largest absolute Gasteiger partial charge is 0.380 e. The molecule has 2 saturated heterocycles. The molecule has 0 atom stereocenters. The molecule has 1 aliphatic carbocycles. The fourth-order valence-corrected chi connectivity index (χ4v) is 17.8. The van der Waals surface area contributed by atoms with Gasteiger partial charge in [-0.1, -0.05) is 13.8 Å². The molecule has 0 amide bonds. The maximum absolute atomic E-state index is 6.07. The Morgan fingerprint density at radius 2 is 0.805 bits per heavy atom. The average Bonchev–Trinajstić information content (AvgIpc) is 3.58. The molecular formula is C72H90N2O4W2Y2. The molecular weight excluding hydrogens is 1500 g/mol. The third-order valence-electron chi connectivity index (χ3n) is 18.9. The molecule has 6 nitrogen and oxygen atoms in total. The van der Waals surface area contributed by atoms with Crippen molar-refractivity contribution in [3.8, 4) is 0 Å². The predicted molar refractivity (Wildman–Crippen MR) is 326 cm³/mol. The van der Waals surface area contributed by atoms with Crippen molar-refractivity contribution in [2.45, 2.75) is 169 Å². The molecule has 0 radical (unpaired) electrons. The van der Waals surface area contributed by atoms with Gasteiger partial charge in [0, 0.05) is 24.0 Å². The molecule has 0 N–H and O–H groups in total. The first-order valence-electron chi connectivity index (χ1n) is 31.2. The SMILES string of the molecule is CCC1(COCCCCCCCc2ccc(N(c3ccc(C4(c5ccc(N(c6ccc(CCCCCCCOCC7(CC)COC7)cc6)c6cc(C)[c]([Y])c(C)[c]6[W])cc5)CCCCC4)cc3)c3cc(C)[c]([Y])c(C)[c]3[W])cc2)COC1. The van der Waals surface area contributed by atoms with Crippen molar-refractivity contribution in [1.29, 1.82) is 0 Å². The zero-order valence-corrected chi connectivity index (χ0v) is 62.0. The minimum Gasteiger partial charge on any atom is -0.380 e. The molecule has 6 aromatic carbocycles. The first-order valence-corrected chi connectivity index (χ1v) is 37.0. The van der Waals surface area contributed by atoms with Crippen LogP contribution in [0.25, 0.3) is 0 Å². The third-order valence-corrected chi connectivity index (χ3v) is 27.0. The molecule has 0 aromatic heterocycles. The second-order valence-corrected chi connectivity index (χ2v) is 30.5. The molecule has 2 heterocycles. The van der Waals surface area contributed by atoms with Crippen molar-refractivity contribution in [2.24, 2.45) is 10.8 Å². The van der Waals surface area contributed by atoms with Crippen molar-refractivity contribution in [3.63, 3.8) is 0 Å². The van der Waals surface area contributed by atoms with Crippen LogP contribution in [0, 0.1) is 38.5 Å². The maximum Gasteiger partial charge on any atom is 0.0566 e. The number of benzene rings is 6. The van der Waals surface area contributed by atoms with E-state index in [1.54, 1.807) is 0 Å². The van der Waals surface area contributed by atoms with Gasteiger partial charge >= 0.3 is 441 Å². The summed E-state index contributed by atoms with van der Waals surface area (Å²) in [5.74, 6) is 0. The third kappa shape index (κ3) is 15.8. The second kappa shape index (κ2) is 31.0. The number of hydrogen-bond donors (Lipinski definition) is 0. The van der Waals surface area contributed by atoms with Crippen LogP contribution in [0.3, 0.4) is 0 Å².